The number of nitrogens with zero attached hydrogens (tertiary/aromatic N) is 1. The van der Waals surface area contributed by atoms with Gasteiger partial charge in [-0.25, -0.2) is 8.78 Å². The number of aryl methyl sites for hydroxylation is 1. The van der Waals surface area contributed by atoms with Gasteiger partial charge in [0, 0.05) is 30.2 Å². The van der Waals surface area contributed by atoms with Crippen LogP contribution in [-0.4, -0.2) is 48.0 Å². The van der Waals surface area contributed by atoms with Gasteiger partial charge in [0.2, 0.25) is 5.91 Å². The summed E-state index contributed by atoms with van der Waals surface area (Å²) in [5.74, 6) is 1.16. The molecule has 1 amide bonds. The number of likely N-dealkylation sites (tertiary alicyclic amines) is 1. The average molecular weight is 454 g/mol. The number of hydrogen-bond acceptors (Lipinski definition) is 3. The third-order valence-electron chi connectivity index (χ3n) is 6.94. The zero-order valence-corrected chi connectivity index (χ0v) is 18.9. The first kappa shape index (κ1) is 21.9. The zero-order valence-electron chi connectivity index (χ0n) is 18.9. The lowest BCUT2D eigenvalue weighted by molar-refractivity contribution is -0.135. The molecule has 0 atom stereocenters. The van der Waals surface area contributed by atoms with Gasteiger partial charge in [-0.1, -0.05) is 29.8 Å². The highest BCUT2D eigenvalue weighted by Gasteiger charge is 2.45. The van der Waals surface area contributed by atoms with E-state index < -0.39 is 11.8 Å². The van der Waals surface area contributed by atoms with Gasteiger partial charge in [-0.05, 0) is 56.4 Å². The number of alkyl halides is 2. The number of carbonyl (C=O) groups is 1. The molecule has 174 valence electrons. The number of carbonyl (C=O) groups excluding carboxylic acids is 1. The number of aromatic amines is 1. The topological polar surface area (TPSA) is 57.4 Å². The van der Waals surface area contributed by atoms with Crippen molar-refractivity contribution in [2.45, 2.75) is 45.1 Å². The first-order valence-corrected chi connectivity index (χ1v) is 11.5. The van der Waals surface area contributed by atoms with Gasteiger partial charge in [0.15, 0.2) is 0 Å². The number of anilines is 1. The predicted octanol–water partition coefficient (Wildman–Crippen LogP) is 5.33. The number of aromatic nitrogens is 1. The molecule has 33 heavy (non-hydrogen) atoms. The fourth-order valence-electron chi connectivity index (χ4n) is 4.92. The van der Waals surface area contributed by atoms with Crippen molar-refractivity contribution in [1.29, 1.82) is 0 Å². The lowest BCUT2D eigenvalue weighted by atomic mass is 9.77. The van der Waals surface area contributed by atoms with Gasteiger partial charge < -0.3 is 15.0 Å². The van der Waals surface area contributed by atoms with Crippen molar-refractivity contribution in [3.63, 3.8) is 0 Å². The Morgan fingerprint density at radius 3 is 2.64 bits per heavy atom. The molecule has 2 aromatic carbocycles. The third-order valence-corrected chi connectivity index (χ3v) is 6.94. The van der Waals surface area contributed by atoms with E-state index in [9.17, 15) is 13.6 Å². The van der Waals surface area contributed by atoms with Crippen LogP contribution in [0.4, 0.5) is 14.5 Å². The number of fused-ring (bicyclic) bond motifs is 1. The van der Waals surface area contributed by atoms with Crippen molar-refractivity contribution in [3.05, 3.63) is 59.8 Å². The van der Waals surface area contributed by atoms with Crippen molar-refractivity contribution in [3.8, 4) is 5.75 Å². The fourth-order valence-corrected chi connectivity index (χ4v) is 4.92. The molecule has 3 aromatic rings. The SMILES string of the molecule is Cc1ccc(C2CC(Oc3ccc4[nH]cc(NC(=O)C5(C)CN(CC(F)F)C5)c4c3)C2)cc1. The second kappa shape index (κ2) is 8.45. The highest BCUT2D eigenvalue weighted by atomic mass is 19.3. The number of rotatable bonds is 7. The molecule has 2 heterocycles. The van der Waals surface area contributed by atoms with E-state index >= 15 is 0 Å². The maximum Gasteiger partial charge on any atom is 0.251 e. The van der Waals surface area contributed by atoms with E-state index in [1.165, 1.54) is 11.1 Å². The Morgan fingerprint density at radius 1 is 1.21 bits per heavy atom. The molecule has 7 heteroatoms. The first-order chi connectivity index (χ1) is 15.8. The van der Waals surface area contributed by atoms with Crippen molar-refractivity contribution in [2.75, 3.05) is 25.0 Å². The Morgan fingerprint density at radius 2 is 1.94 bits per heavy atom. The number of amides is 1. The number of halogens is 2. The molecule has 5 rings (SSSR count). The van der Waals surface area contributed by atoms with Crippen molar-refractivity contribution in [1.82, 2.24) is 9.88 Å². The van der Waals surface area contributed by atoms with Crippen LogP contribution in [0.2, 0.25) is 0 Å². The van der Waals surface area contributed by atoms with E-state index in [1.54, 1.807) is 11.1 Å². The zero-order chi connectivity index (χ0) is 23.2. The Bertz CT molecular complexity index is 1150. The molecule has 0 radical (unpaired) electrons. The molecule has 0 unspecified atom stereocenters. The second-order valence-electron chi connectivity index (χ2n) is 9.80. The first-order valence-electron chi connectivity index (χ1n) is 11.5. The molecule has 2 aliphatic rings. The standard InChI is InChI=1S/C26H29F2N3O2/c1-16-3-5-17(6-4-16)18-9-20(10-18)33-19-7-8-22-21(11-19)23(12-29-22)30-25(32)26(2)14-31(15-26)13-24(27)28/h3-8,11-12,18,20,24,29H,9-10,13-15H2,1-2H3,(H,30,32). The quantitative estimate of drug-likeness (QED) is 0.509. The largest absolute Gasteiger partial charge is 0.490 e. The van der Waals surface area contributed by atoms with Crippen LogP contribution >= 0.6 is 0 Å². The van der Waals surface area contributed by atoms with Crippen molar-refractivity contribution in [2.24, 2.45) is 5.41 Å². The minimum Gasteiger partial charge on any atom is -0.490 e. The van der Waals surface area contributed by atoms with Crippen molar-refractivity contribution < 1.29 is 18.3 Å². The van der Waals surface area contributed by atoms with Crippen LogP contribution in [0.1, 0.15) is 36.8 Å². The molecular formula is C26H29F2N3O2. The van der Waals surface area contributed by atoms with Crippen LogP contribution in [0.5, 0.6) is 5.75 Å². The number of ether oxygens (including phenoxy) is 1. The molecule has 1 aliphatic carbocycles. The van der Waals surface area contributed by atoms with Crippen LogP contribution in [0, 0.1) is 12.3 Å². The molecule has 1 saturated carbocycles. The Labute approximate surface area is 192 Å². The number of hydrogen-bond donors (Lipinski definition) is 2. The number of H-pyrrole nitrogens is 1. The van der Waals surface area contributed by atoms with Crippen LogP contribution in [-0.2, 0) is 4.79 Å². The van der Waals surface area contributed by atoms with E-state index in [4.69, 9.17) is 4.74 Å². The van der Waals surface area contributed by atoms with Crippen molar-refractivity contribution >= 4 is 22.5 Å². The van der Waals surface area contributed by atoms with Crippen LogP contribution in [0.15, 0.2) is 48.7 Å². The minimum atomic E-state index is -2.38. The average Bonchev–Trinajstić information content (AvgIpc) is 3.11. The monoisotopic (exact) mass is 453 g/mol. The summed E-state index contributed by atoms with van der Waals surface area (Å²) in [7, 11) is 0. The lowest BCUT2D eigenvalue weighted by Crippen LogP contribution is -2.61. The maximum atomic E-state index is 12.8. The Hall–Kier alpha value is -2.93. The third kappa shape index (κ3) is 4.47. The highest BCUT2D eigenvalue weighted by molar-refractivity contribution is 6.04. The second-order valence-corrected chi connectivity index (χ2v) is 9.80. The Balaban J connectivity index is 1.21. The van der Waals surface area contributed by atoms with Gasteiger partial charge in [0.1, 0.15) is 5.75 Å². The van der Waals surface area contributed by atoms with Gasteiger partial charge >= 0.3 is 0 Å². The smallest absolute Gasteiger partial charge is 0.251 e. The molecule has 0 spiro atoms. The summed E-state index contributed by atoms with van der Waals surface area (Å²) >= 11 is 0. The summed E-state index contributed by atoms with van der Waals surface area (Å²) in [5.41, 5.74) is 3.55. The van der Waals surface area contributed by atoms with Crippen LogP contribution in [0.25, 0.3) is 10.9 Å². The van der Waals surface area contributed by atoms with E-state index in [2.05, 4.69) is 41.5 Å². The van der Waals surface area contributed by atoms with E-state index in [-0.39, 0.29) is 18.6 Å². The summed E-state index contributed by atoms with van der Waals surface area (Å²) in [6.45, 7) is 4.30. The van der Waals surface area contributed by atoms with Gasteiger partial charge in [0.25, 0.3) is 6.43 Å². The predicted molar refractivity (Wildman–Crippen MR) is 125 cm³/mol. The minimum absolute atomic E-state index is 0.153. The molecule has 0 bridgehead atoms. The van der Waals surface area contributed by atoms with Crippen LogP contribution in [0.3, 0.4) is 0 Å². The molecule has 1 aliphatic heterocycles. The normalized spacial score (nSPS) is 22.1. The molecule has 1 saturated heterocycles. The van der Waals surface area contributed by atoms with Gasteiger partial charge in [0.05, 0.1) is 23.8 Å². The highest BCUT2D eigenvalue weighted by Crippen LogP contribution is 2.40. The number of benzene rings is 2. The van der Waals surface area contributed by atoms with E-state index in [0.717, 1.165) is 29.5 Å². The maximum absolute atomic E-state index is 12.8. The van der Waals surface area contributed by atoms with Gasteiger partial charge in [-0.2, -0.15) is 0 Å². The Kier molecular flexibility index (Phi) is 5.60. The summed E-state index contributed by atoms with van der Waals surface area (Å²) < 4.78 is 31.3. The van der Waals surface area contributed by atoms with Crippen LogP contribution < -0.4 is 10.1 Å². The van der Waals surface area contributed by atoms with Gasteiger partial charge in [-0.3, -0.25) is 9.69 Å². The van der Waals surface area contributed by atoms with E-state index in [0.29, 0.717) is 24.7 Å². The summed E-state index contributed by atoms with van der Waals surface area (Å²) in [4.78, 5) is 17.6. The molecule has 5 nitrogen and oxygen atoms in total. The molecule has 2 fully saturated rings. The van der Waals surface area contributed by atoms with Gasteiger partial charge in [-0.15, -0.1) is 0 Å². The fraction of sp³-hybridized carbons (Fsp3) is 0.423. The van der Waals surface area contributed by atoms with E-state index in [1.807, 2.05) is 25.1 Å². The molecular weight excluding hydrogens is 424 g/mol. The number of nitrogens with one attached hydrogen (secondary N) is 2. The summed E-state index contributed by atoms with van der Waals surface area (Å²) in [5, 5.41) is 3.86. The lowest BCUT2D eigenvalue weighted by Gasteiger charge is -2.46. The summed E-state index contributed by atoms with van der Waals surface area (Å²) in [6.07, 6.45) is 1.55. The summed E-state index contributed by atoms with van der Waals surface area (Å²) in [6, 6.07) is 14.6. The molecule has 1 aromatic heterocycles. The molecule has 2 N–H and O–H groups in total.